The standard InChI is InChI=1S/C23H34N4O/c1-4-27(5-2)17-20-13-11-19(12-14-20)15-25-23(24-3)26-16-22(18-28)21-9-7-6-8-10-21/h6-14,22,28H,4-5,15-18H2,1-3H3,(H2,24,25,26). The van der Waals surface area contributed by atoms with Crippen molar-refractivity contribution in [1.82, 2.24) is 15.5 Å². The zero-order chi connectivity index (χ0) is 20.2. The predicted octanol–water partition coefficient (Wildman–Crippen LogP) is 2.97. The van der Waals surface area contributed by atoms with Gasteiger partial charge in [0.2, 0.25) is 0 Å². The molecular formula is C23H34N4O. The number of guanidine groups is 1. The van der Waals surface area contributed by atoms with Crippen LogP contribution in [-0.2, 0) is 13.1 Å². The maximum absolute atomic E-state index is 9.69. The Labute approximate surface area is 169 Å². The minimum Gasteiger partial charge on any atom is -0.396 e. The topological polar surface area (TPSA) is 59.9 Å². The third-order valence-corrected chi connectivity index (χ3v) is 5.01. The highest BCUT2D eigenvalue weighted by Crippen LogP contribution is 2.13. The summed E-state index contributed by atoms with van der Waals surface area (Å²) in [5.41, 5.74) is 3.67. The third-order valence-electron chi connectivity index (χ3n) is 5.01. The number of hydrogen-bond donors (Lipinski definition) is 3. The van der Waals surface area contributed by atoms with Crippen molar-refractivity contribution in [2.75, 3.05) is 33.3 Å². The van der Waals surface area contributed by atoms with Crippen molar-refractivity contribution in [1.29, 1.82) is 0 Å². The molecule has 0 aliphatic carbocycles. The highest BCUT2D eigenvalue weighted by atomic mass is 16.3. The van der Waals surface area contributed by atoms with E-state index in [-0.39, 0.29) is 12.5 Å². The fourth-order valence-electron chi connectivity index (χ4n) is 3.11. The van der Waals surface area contributed by atoms with Crippen LogP contribution in [0.2, 0.25) is 0 Å². The number of benzene rings is 2. The van der Waals surface area contributed by atoms with Crippen molar-refractivity contribution in [2.45, 2.75) is 32.9 Å². The van der Waals surface area contributed by atoms with Crippen LogP contribution >= 0.6 is 0 Å². The second-order valence-corrected chi connectivity index (χ2v) is 6.87. The summed E-state index contributed by atoms with van der Waals surface area (Å²) in [6.45, 7) is 8.95. The molecule has 0 heterocycles. The van der Waals surface area contributed by atoms with Gasteiger partial charge in [0.25, 0.3) is 0 Å². The fourth-order valence-corrected chi connectivity index (χ4v) is 3.11. The Morgan fingerprint density at radius 3 is 2.18 bits per heavy atom. The van der Waals surface area contributed by atoms with Crippen LogP contribution in [0.3, 0.4) is 0 Å². The van der Waals surface area contributed by atoms with Crippen LogP contribution in [0.5, 0.6) is 0 Å². The number of rotatable bonds is 10. The molecule has 5 nitrogen and oxygen atoms in total. The highest BCUT2D eigenvalue weighted by Gasteiger charge is 2.10. The van der Waals surface area contributed by atoms with Gasteiger partial charge in [0.15, 0.2) is 5.96 Å². The Kier molecular flexibility index (Phi) is 9.52. The second kappa shape index (κ2) is 12.2. The molecule has 0 saturated heterocycles. The van der Waals surface area contributed by atoms with E-state index in [2.05, 4.69) is 58.6 Å². The molecule has 28 heavy (non-hydrogen) atoms. The van der Waals surface area contributed by atoms with E-state index >= 15 is 0 Å². The molecule has 2 aromatic carbocycles. The lowest BCUT2D eigenvalue weighted by atomic mass is 10.0. The minimum atomic E-state index is 0.0408. The quantitative estimate of drug-likeness (QED) is 0.437. The zero-order valence-corrected chi connectivity index (χ0v) is 17.4. The average Bonchev–Trinajstić information content (AvgIpc) is 2.76. The van der Waals surface area contributed by atoms with Crippen molar-refractivity contribution in [3.8, 4) is 0 Å². The van der Waals surface area contributed by atoms with E-state index in [1.807, 2.05) is 30.3 Å². The molecule has 2 rings (SSSR count). The largest absolute Gasteiger partial charge is 0.396 e. The Bertz CT molecular complexity index is 696. The molecule has 1 atom stereocenters. The lowest BCUT2D eigenvalue weighted by Gasteiger charge is -2.19. The molecule has 0 fully saturated rings. The van der Waals surface area contributed by atoms with Gasteiger partial charge >= 0.3 is 0 Å². The number of nitrogens with one attached hydrogen (secondary N) is 2. The van der Waals surface area contributed by atoms with Crippen LogP contribution in [0.25, 0.3) is 0 Å². The van der Waals surface area contributed by atoms with Gasteiger partial charge in [-0.3, -0.25) is 9.89 Å². The minimum absolute atomic E-state index is 0.0408. The van der Waals surface area contributed by atoms with Crippen molar-refractivity contribution >= 4 is 5.96 Å². The average molecular weight is 383 g/mol. The zero-order valence-electron chi connectivity index (χ0n) is 17.4. The molecule has 0 bridgehead atoms. The number of hydrogen-bond acceptors (Lipinski definition) is 3. The van der Waals surface area contributed by atoms with Crippen LogP contribution in [0.15, 0.2) is 59.6 Å². The van der Waals surface area contributed by atoms with Crippen LogP contribution in [0, 0.1) is 0 Å². The smallest absolute Gasteiger partial charge is 0.191 e. The van der Waals surface area contributed by atoms with Gasteiger partial charge in [0.1, 0.15) is 0 Å². The molecule has 152 valence electrons. The molecule has 0 saturated carbocycles. The number of aliphatic imine (C=N–C) groups is 1. The SMILES string of the molecule is CCN(CC)Cc1ccc(CNC(=NC)NCC(CO)c2ccccc2)cc1. The number of aliphatic hydroxyl groups excluding tert-OH is 1. The van der Waals surface area contributed by atoms with Gasteiger partial charge in [-0.25, -0.2) is 0 Å². The fraction of sp³-hybridized carbons (Fsp3) is 0.435. The molecule has 2 aromatic rings. The first-order valence-corrected chi connectivity index (χ1v) is 10.1. The van der Waals surface area contributed by atoms with Crippen molar-refractivity contribution < 1.29 is 5.11 Å². The van der Waals surface area contributed by atoms with E-state index in [0.717, 1.165) is 31.2 Å². The predicted molar refractivity (Wildman–Crippen MR) is 118 cm³/mol. The third kappa shape index (κ3) is 6.98. The lowest BCUT2D eigenvalue weighted by Crippen LogP contribution is -2.39. The summed E-state index contributed by atoms with van der Waals surface area (Å²) >= 11 is 0. The van der Waals surface area contributed by atoms with E-state index in [0.29, 0.717) is 13.1 Å². The van der Waals surface area contributed by atoms with Crippen LogP contribution in [0.4, 0.5) is 0 Å². The summed E-state index contributed by atoms with van der Waals surface area (Å²) in [5.74, 6) is 0.778. The second-order valence-electron chi connectivity index (χ2n) is 6.87. The van der Waals surface area contributed by atoms with E-state index in [1.165, 1.54) is 11.1 Å². The van der Waals surface area contributed by atoms with Gasteiger partial charge in [-0.05, 0) is 29.8 Å². The van der Waals surface area contributed by atoms with Gasteiger partial charge in [-0.1, -0.05) is 68.4 Å². The highest BCUT2D eigenvalue weighted by molar-refractivity contribution is 5.79. The summed E-state index contributed by atoms with van der Waals surface area (Å²) in [7, 11) is 1.76. The van der Waals surface area contributed by atoms with Crippen molar-refractivity contribution in [2.24, 2.45) is 4.99 Å². The van der Waals surface area contributed by atoms with E-state index in [1.54, 1.807) is 7.05 Å². The van der Waals surface area contributed by atoms with E-state index in [9.17, 15) is 5.11 Å². The van der Waals surface area contributed by atoms with Crippen molar-refractivity contribution in [3.63, 3.8) is 0 Å². The Morgan fingerprint density at radius 2 is 1.61 bits per heavy atom. The molecule has 3 N–H and O–H groups in total. The van der Waals surface area contributed by atoms with Gasteiger partial charge in [-0.2, -0.15) is 0 Å². The van der Waals surface area contributed by atoms with Crippen LogP contribution in [0.1, 0.15) is 36.5 Å². The lowest BCUT2D eigenvalue weighted by molar-refractivity contribution is 0.265. The van der Waals surface area contributed by atoms with E-state index in [4.69, 9.17) is 0 Å². The van der Waals surface area contributed by atoms with Gasteiger partial charge in [0, 0.05) is 32.6 Å². The Hall–Kier alpha value is -2.37. The Balaban J connectivity index is 1.83. The van der Waals surface area contributed by atoms with E-state index < -0.39 is 0 Å². The molecule has 0 aliphatic rings. The summed E-state index contributed by atoms with van der Waals surface area (Å²) in [4.78, 5) is 6.69. The number of aliphatic hydroxyl groups is 1. The van der Waals surface area contributed by atoms with Gasteiger partial charge in [0.05, 0.1) is 6.61 Å². The first-order valence-electron chi connectivity index (χ1n) is 10.1. The molecule has 5 heteroatoms. The van der Waals surface area contributed by atoms with Gasteiger partial charge < -0.3 is 15.7 Å². The first kappa shape index (κ1) is 21.9. The molecule has 0 spiro atoms. The summed E-state index contributed by atoms with van der Waals surface area (Å²) < 4.78 is 0. The molecule has 0 radical (unpaired) electrons. The van der Waals surface area contributed by atoms with Crippen LogP contribution in [-0.4, -0.2) is 49.3 Å². The normalized spacial score (nSPS) is 12.8. The summed E-state index contributed by atoms with van der Waals surface area (Å²) in [6, 6.07) is 18.8. The summed E-state index contributed by atoms with van der Waals surface area (Å²) in [6.07, 6.45) is 0. The molecule has 0 aliphatic heterocycles. The maximum atomic E-state index is 9.69. The molecular weight excluding hydrogens is 348 g/mol. The molecule has 0 aromatic heterocycles. The van der Waals surface area contributed by atoms with Gasteiger partial charge in [-0.15, -0.1) is 0 Å². The number of nitrogens with zero attached hydrogens (tertiary/aromatic N) is 2. The molecule has 1 unspecified atom stereocenters. The molecule has 0 amide bonds. The Morgan fingerprint density at radius 1 is 0.964 bits per heavy atom. The monoisotopic (exact) mass is 382 g/mol. The van der Waals surface area contributed by atoms with Crippen molar-refractivity contribution in [3.05, 3.63) is 71.3 Å². The first-order chi connectivity index (χ1) is 13.7. The summed E-state index contributed by atoms with van der Waals surface area (Å²) in [5, 5.41) is 16.4. The maximum Gasteiger partial charge on any atom is 0.191 e. The van der Waals surface area contributed by atoms with Crippen LogP contribution < -0.4 is 10.6 Å².